The molecule has 0 bridgehead atoms. The predicted molar refractivity (Wildman–Crippen MR) is 187 cm³/mol. The van der Waals surface area contributed by atoms with Crippen LogP contribution in [-0.2, 0) is 16.1 Å². The summed E-state index contributed by atoms with van der Waals surface area (Å²) in [7, 11) is 0. The van der Waals surface area contributed by atoms with Crippen molar-refractivity contribution in [2.45, 2.75) is 128 Å². The minimum absolute atomic E-state index is 0.197. The molecule has 1 spiro atoms. The monoisotopic (exact) mass is 643 g/mol. The van der Waals surface area contributed by atoms with Gasteiger partial charge in [0.25, 0.3) is 0 Å². The summed E-state index contributed by atoms with van der Waals surface area (Å²) in [5.41, 5.74) is 1.13. The Morgan fingerprint density at radius 2 is 1.66 bits per heavy atom. The number of rotatable bonds is 14. The summed E-state index contributed by atoms with van der Waals surface area (Å²) >= 11 is 0. The summed E-state index contributed by atoms with van der Waals surface area (Å²) in [4.78, 5) is 47.7. The van der Waals surface area contributed by atoms with Gasteiger partial charge < -0.3 is 14.5 Å². The fraction of sp³-hybridized carbons (Fsp3) is 0.625. The second-order valence-electron chi connectivity index (χ2n) is 15.1. The van der Waals surface area contributed by atoms with Gasteiger partial charge in [0.05, 0.1) is 12.2 Å². The van der Waals surface area contributed by atoms with E-state index in [-0.39, 0.29) is 17.7 Å². The molecule has 2 aromatic carbocycles. The molecule has 1 amide bonds. The van der Waals surface area contributed by atoms with Crippen LogP contribution in [0.5, 0.6) is 0 Å². The topological polar surface area (TPSA) is 70.2 Å². The second-order valence-corrected chi connectivity index (χ2v) is 15.1. The van der Waals surface area contributed by atoms with E-state index in [0.717, 1.165) is 82.1 Å². The molecule has 3 fully saturated rings. The van der Waals surface area contributed by atoms with Crippen molar-refractivity contribution in [2.75, 3.05) is 26.3 Å². The van der Waals surface area contributed by atoms with Crippen LogP contribution in [0.15, 0.2) is 54.6 Å². The van der Waals surface area contributed by atoms with E-state index in [9.17, 15) is 14.4 Å². The van der Waals surface area contributed by atoms with E-state index in [0.29, 0.717) is 37.2 Å². The smallest absolute Gasteiger partial charge is 0.339 e. The van der Waals surface area contributed by atoms with Crippen molar-refractivity contribution in [2.24, 2.45) is 5.92 Å². The van der Waals surface area contributed by atoms with Gasteiger partial charge in [0, 0.05) is 37.7 Å². The van der Waals surface area contributed by atoms with Crippen molar-refractivity contribution in [1.82, 2.24) is 14.7 Å². The van der Waals surface area contributed by atoms with E-state index in [1.807, 2.05) is 73.3 Å². The van der Waals surface area contributed by atoms with Crippen molar-refractivity contribution in [3.63, 3.8) is 0 Å². The highest BCUT2D eigenvalue weighted by molar-refractivity contribution is 5.96. The number of hydrogen-bond donors (Lipinski definition) is 0. The largest absolute Gasteiger partial charge is 0.456 e. The molecule has 2 saturated heterocycles. The zero-order chi connectivity index (χ0) is 33.4. The molecule has 5 rings (SSSR count). The molecule has 7 nitrogen and oxygen atoms in total. The first-order valence-electron chi connectivity index (χ1n) is 18.3. The van der Waals surface area contributed by atoms with E-state index < -0.39 is 11.1 Å². The van der Waals surface area contributed by atoms with Crippen molar-refractivity contribution in [3.8, 4) is 0 Å². The molecule has 256 valence electrons. The van der Waals surface area contributed by atoms with Gasteiger partial charge in [-0.3, -0.25) is 14.5 Å². The van der Waals surface area contributed by atoms with E-state index in [1.54, 1.807) is 0 Å². The highest BCUT2D eigenvalue weighted by Gasteiger charge is 2.55. The predicted octanol–water partition coefficient (Wildman–Crippen LogP) is 7.88. The molecular formula is C40H57N3O4. The van der Waals surface area contributed by atoms with Gasteiger partial charge in [0.15, 0.2) is 5.78 Å². The summed E-state index contributed by atoms with van der Waals surface area (Å²) in [5.74, 6) is 0.575. The molecule has 0 N–H and O–H groups in total. The van der Waals surface area contributed by atoms with Gasteiger partial charge in [-0.15, -0.1) is 0 Å². The Morgan fingerprint density at radius 3 is 2.36 bits per heavy atom. The Morgan fingerprint density at radius 1 is 0.979 bits per heavy atom. The maximum atomic E-state index is 14.5. The van der Waals surface area contributed by atoms with Gasteiger partial charge in [-0.25, -0.2) is 4.79 Å². The maximum Gasteiger partial charge on any atom is 0.339 e. The molecule has 0 aromatic heterocycles. The van der Waals surface area contributed by atoms with Crippen LogP contribution in [0.2, 0.25) is 0 Å². The van der Waals surface area contributed by atoms with Crippen LogP contribution in [0.1, 0.15) is 131 Å². The van der Waals surface area contributed by atoms with Gasteiger partial charge >= 0.3 is 5.97 Å². The molecular weight excluding hydrogens is 586 g/mol. The molecule has 1 unspecified atom stereocenters. The number of piperidine rings is 1. The molecule has 1 aliphatic carbocycles. The van der Waals surface area contributed by atoms with E-state index in [2.05, 4.69) is 23.6 Å². The summed E-state index contributed by atoms with van der Waals surface area (Å²) in [5, 5.41) is 0. The minimum atomic E-state index is -0.563. The van der Waals surface area contributed by atoms with Crippen LogP contribution in [0.25, 0.3) is 0 Å². The molecule has 47 heavy (non-hydrogen) atoms. The zero-order valence-corrected chi connectivity index (χ0v) is 29.3. The second kappa shape index (κ2) is 15.9. The number of nitrogens with zero attached hydrogens (tertiary/aromatic N) is 3. The number of esters is 1. The van der Waals surface area contributed by atoms with Crippen LogP contribution in [-0.4, -0.2) is 75.8 Å². The van der Waals surface area contributed by atoms with Gasteiger partial charge in [-0.05, 0) is 76.5 Å². The van der Waals surface area contributed by atoms with Crippen molar-refractivity contribution < 1.29 is 19.1 Å². The first kappa shape index (κ1) is 35.3. The maximum absolute atomic E-state index is 14.5. The lowest BCUT2D eigenvalue weighted by molar-refractivity contribution is -0.137. The van der Waals surface area contributed by atoms with Gasteiger partial charge in [-0.2, -0.15) is 0 Å². The third kappa shape index (κ3) is 8.72. The first-order chi connectivity index (χ1) is 22.6. The molecule has 2 aliphatic heterocycles. The fourth-order valence-electron chi connectivity index (χ4n) is 8.50. The molecule has 2 heterocycles. The highest BCUT2D eigenvalue weighted by Crippen LogP contribution is 2.41. The number of ketones is 1. The quantitative estimate of drug-likeness (QED) is 0.154. The van der Waals surface area contributed by atoms with Crippen molar-refractivity contribution >= 4 is 17.7 Å². The van der Waals surface area contributed by atoms with Crippen LogP contribution in [0, 0.1) is 5.92 Å². The third-order valence-corrected chi connectivity index (χ3v) is 10.8. The normalized spacial score (nSPS) is 20.1. The van der Waals surface area contributed by atoms with Gasteiger partial charge in [-0.1, -0.05) is 94.5 Å². The first-order valence-corrected chi connectivity index (χ1v) is 18.3. The molecule has 2 aromatic rings. The van der Waals surface area contributed by atoms with Crippen LogP contribution in [0.4, 0.5) is 0 Å². The standard InChI is InChI=1S/C40H57N3O4/c1-5-15-31(2)28-39(3,4)47-37(45)35-21-13-12-18-33(35)29-42-30-43(34-19-10-7-11-20-34)40(38(42)46)23-26-41(27-24-40)25-14-22-36(44)32-16-8-6-9-17-32/h6,8-9,12-13,16-18,21,31,34H,5,7,10-11,14-15,19-20,22-30H2,1-4H3. The van der Waals surface area contributed by atoms with Crippen molar-refractivity contribution in [3.05, 3.63) is 71.3 Å². The number of carbonyl (C=O) groups is 3. The fourth-order valence-corrected chi connectivity index (χ4v) is 8.50. The number of amides is 1. The number of likely N-dealkylation sites (tertiary alicyclic amines) is 1. The van der Waals surface area contributed by atoms with Crippen LogP contribution >= 0.6 is 0 Å². The Hall–Kier alpha value is -3.03. The Kier molecular flexibility index (Phi) is 11.9. The summed E-state index contributed by atoms with van der Waals surface area (Å²) in [6.45, 7) is 12.0. The van der Waals surface area contributed by atoms with E-state index in [4.69, 9.17) is 4.74 Å². The Balaban J connectivity index is 1.25. The lowest BCUT2D eigenvalue weighted by atomic mass is 9.82. The molecule has 1 atom stereocenters. The number of ether oxygens (including phenoxy) is 1. The molecule has 3 aliphatic rings. The van der Waals surface area contributed by atoms with Crippen molar-refractivity contribution in [1.29, 1.82) is 0 Å². The van der Waals surface area contributed by atoms with Gasteiger partial charge in [0.1, 0.15) is 11.1 Å². The molecule has 1 saturated carbocycles. The third-order valence-electron chi connectivity index (χ3n) is 10.8. The zero-order valence-electron chi connectivity index (χ0n) is 29.3. The minimum Gasteiger partial charge on any atom is -0.456 e. The SMILES string of the molecule is CCCC(C)CC(C)(C)OC(=O)c1ccccc1CN1CN(C2CCCCC2)C2(CCN(CCCC(=O)c3ccccc3)CC2)C1=O. The summed E-state index contributed by atoms with van der Waals surface area (Å²) in [6, 6.07) is 17.6. The Bertz CT molecular complexity index is 1340. The van der Waals surface area contributed by atoms with Gasteiger partial charge in [0.2, 0.25) is 5.91 Å². The summed E-state index contributed by atoms with van der Waals surface area (Å²) in [6.07, 6.45) is 12.0. The number of benzene rings is 2. The number of hydrogen-bond acceptors (Lipinski definition) is 6. The lowest BCUT2D eigenvalue weighted by Gasteiger charge is -2.46. The van der Waals surface area contributed by atoms with Crippen LogP contribution in [0.3, 0.4) is 0 Å². The van der Waals surface area contributed by atoms with E-state index >= 15 is 0 Å². The molecule has 7 heteroatoms. The lowest BCUT2D eigenvalue weighted by Crippen LogP contribution is -2.59. The average Bonchev–Trinajstić information content (AvgIpc) is 3.32. The Labute approximate surface area is 283 Å². The summed E-state index contributed by atoms with van der Waals surface area (Å²) < 4.78 is 6.10. The number of carbonyl (C=O) groups excluding carboxylic acids is 3. The van der Waals surface area contributed by atoms with Crippen LogP contribution < -0.4 is 0 Å². The van der Waals surface area contributed by atoms with E-state index in [1.165, 1.54) is 19.3 Å². The number of Topliss-reactive ketones (excluding diaryl/α,β-unsaturated/α-hetero) is 1. The highest BCUT2D eigenvalue weighted by atomic mass is 16.6. The average molecular weight is 644 g/mol. The molecule has 0 radical (unpaired) electrons.